The molecule has 1 aromatic carbocycles. The van der Waals surface area contributed by atoms with Gasteiger partial charge in [0.2, 0.25) is 10.0 Å². The molecule has 0 bridgehead atoms. The molecule has 1 atom stereocenters. The van der Waals surface area contributed by atoms with Crippen molar-refractivity contribution >= 4 is 15.7 Å². The van der Waals surface area contributed by atoms with Crippen LogP contribution in [0.5, 0.6) is 0 Å². The number of nitrogens with two attached hydrogens (primary N) is 1. The van der Waals surface area contributed by atoms with Crippen LogP contribution in [0, 0.1) is 11.3 Å². The van der Waals surface area contributed by atoms with Gasteiger partial charge in [-0.3, -0.25) is 0 Å². The zero-order chi connectivity index (χ0) is 13.8. The normalized spacial score (nSPS) is 13.2. The summed E-state index contributed by atoms with van der Waals surface area (Å²) in [5, 5.41) is 8.59. The molecule has 0 aliphatic rings. The summed E-state index contributed by atoms with van der Waals surface area (Å²) in [6, 6.07) is 8.42. The summed E-state index contributed by atoms with van der Waals surface area (Å²) < 4.78 is 25.4. The van der Waals surface area contributed by atoms with Crippen molar-refractivity contribution < 1.29 is 8.42 Å². The Morgan fingerprint density at radius 2 is 2.17 bits per heavy atom. The fourth-order valence-electron chi connectivity index (χ4n) is 1.53. The largest absolute Gasteiger partial charge is 0.399 e. The van der Waals surface area contributed by atoms with Gasteiger partial charge in [-0.15, -0.1) is 0 Å². The van der Waals surface area contributed by atoms with Crippen LogP contribution in [0.15, 0.2) is 24.3 Å². The maximum absolute atomic E-state index is 12.1. The Morgan fingerprint density at radius 1 is 1.50 bits per heavy atom. The van der Waals surface area contributed by atoms with Crippen molar-refractivity contribution in [2.24, 2.45) is 0 Å². The number of nitriles is 1. The van der Waals surface area contributed by atoms with Crippen LogP contribution >= 0.6 is 0 Å². The van der Waals surface area contributed by atoms with Crippen LogP contribution in [0.1, 0.15) is 18.9 Å². The molecule has 0 saturated heterocycles. The maximum Gasteiger partial charge on any atom is 0.218 e. The van der Waals surface area contributed by atoms with E-state index in [1.165, 1.54) is 11.4 Å². The number of sulfonamides is 1. The Labute approximate surface area is 108 Å². The molecule has 1 unspecified atom stereocenters. The first-order valence-corrected chi connectivity index (χ1v) is 7.15. The monoisotopic (exact) mass is 267 g/mol. The van der Waals surface area contributed by atoms with E-state index in [-0.39, 0.29) is 18.2 Å². The summed E-state index contributed by atoms with van der Waals surface area (Å²) >= 11 is 0. The lowest BCUT2D eigenvalue weighted by Gasteiger charge is -2.22. The van der Waals surface area contributed by atoms with E-state index in [0.717, 1.165) is 0 Å². The van der Waals surface area contributed by atoms with Crippen molar-refractivity contribution in [3.05, 3.63) is 29.8 Å². The molecular weight excluding hydrogens is 250 g/mol. The van der Waals surface area contributed by atoms with E-state index < -0.39 is 10.0 Å². The summed E-state index contributed by atoms with van der Waals surface area (Å²) in [4.78, 5) is 0. The Kier molecular flexibility index (Phi) is 4.70. The summed E-state index contributed by atoms with van der Waals surface area (Å²) in [7, 11) is -1.94. The molecule has 0 aliphatic heterocycles. The van der Waals surface area contributed by atoms with Gasteiger partial charge in [-0.05, 0) is 24.6 Å². The van der Waals surface area contributed by atoms with E-state index in [1.54, 1.807) is 31.2 Å². The predicted octanol–water partition coefficient (Wildman–Crippen LogP) is 1.33. The highest BCUT2D eigenvalue weighted by molar-refractivity contribution is 7.88. The zero-order valence-corrected chi connectivity index (χ0v) is 11.3. The molecule has 0 heterocycles. The van der Waals surface area contributed by atoms with Crippen molar-refractivity contribution in [1.82, 2.24) is 4.31 Å². The number of rotatable bonds is 5. The highest BCUT2D eigenvalue weighted by Gasteiger charge is 2.23. The molecule has 1 rings (SSSR count). The van der Waals surface area contributed by atoms with E-state index in [1.807, 2.05) is 6.07 Å². The van der Waals surface area contributed by atoms with Gasteiger partial charge in [0.15, 0.2) is 0 Å². The first-order valence-electron chi connectivity index (χ1n) is 5.54. The van der Waals surface area contributed by atoms with Gasteiger partial charge >= 0.3 is 0 Å². The minimum Gasteiger partial charge on any atom is -0.399 e. The second kappa shape index (κ2) is 5.85. The minimum atomic E-state index is -3.42. The van der Waals surface area contributed by atoms with E-state index in [4.69, 9.17) is 11.0 Å². The molecule has 18 heavy (non-hydrogen) atoms. The SMILES string of the molecule is CC(CC#N)N(C)S(=O)(=O)Cc1cccc(N)c1. The van der Waals surface area contributed by atoms with Crippen LogP contribution in [0.2, 0.25) is 0 Å². The van der Waals surface area contributed by atoms with Crippen molar-refractivity contribution in [1.29, 1.82) is 5.26 Å². The quantitative estimate of drug-likeness (QED) is 0.815. The van der Waals surface area contributed by atoms with Crippen molar-refractivity contribution in [3.8, 4) is 6.07 Å². The van der Waals surface area contributed by atoms with Crippen LogP contribution in [-0.2, 0) is 15.8 Å². The molecule has 0 radical (unpaired) electrons. The average Bonchev–Trinajstić information content (AvgIpc) is 2.27. The van der Waals surface area contributed by atoms with Crippen molar-refractivity contribution in [2.45, 2.75) is 25.1 Å². The molecule has 6 heteroatoms. The Morgan fingerprint density at radius 3 is 2.72 bits per heavy atom. The molecule has 0 aromatic heterocycles. The summed E-state index contributed by atoms with van der Waals surface area (Å²) in [6.45, 7) is 1.71. The first kappa shape index (κ1) is 14.5. The molecule has 5 nitrogen and oxygen atoms in total. The molecule has 1 aromatic rings. The zero-order valence-electron chi connectivity index (χ0n) is 10.5. The Bertz CT molecular complexity index is 549. The van der Waals surface area contributed by atoms with Gasteiger partial charge in [0, 0.05) is 18.8 Å². The number of hydrogen-bond acceptors (Lipinski definition) is 4. The molecular formula is C12H17N3O2S. The lowest BCUT2D eigenvalue weighted by molar-refractivity contribution is 0.392. The van der Waals surface area contributed by atoms with E-state index in [9.17, 15) is 8.42 Å². The van der Waals surface area contributed by atoms with E-state index >= 15 is 0 Å². The number of benzene rings is 1. The molecule has 98 valence electrons. The van der Waals surface area contributed by atoms with Crippen LogP contribution in [0.3, 0.4) is 0 Å². The predicted molar refractivity (Wildman–Crippen MR) is 70.9 cm³/mol. The molecule has 0 spiro atoms. The van der Waals surface area contributed by atoms with Crippen molar-refractivity contribution in [2.75, 3.05) is 12.8 Å². The number of nitrogens with zero attached hydrogens (tertiary/aromatic N) is 2. The number of hydrogen-bond donors (Lipinski definition) is 1. The average molecular weight is 267 g/mol. The van der Waals surface area contributed by atoms with E-state index in [2.05, 4.69) is 0 Å². The standard InChI is InChI=1S/C12H17N3O2S/c1-10(6-7-13)15(2)18(16,17)9-11-4-3-5-12(14)8-11/h3-5,8,10H,6,9,14H2,1-2H3. The second-order valence-corrected chi connectivity index (χ2v) is 6.26. The third-order valence-corrected chi connectivity index (χ3v) is 4.68. The molecule has 0 fully saturated rings. The summed E-state index contributed by atoms with van der Waals surface area (Å²) in [5.41, 5.74) is 6.79. The van der Waals surface area contributed by atoms with Crippen LogP contribution < -0.4 is 5.73 Å². The minimum absolute atomic E-state index is 0.107. The van der Waals surface area contributed by atoms with Gasteiger partial charge in [0.05, 0.1) is 18.2 Å². The molecule has 0 amide bonds. The van der Waals surface area contributed by atoms with Gasteiger partial charge in [-0.2, -0.15) is 5.26 Å². The fourth-order valence-corrected chi connectivity index (χ4v) is 2.96. The van der Waals surface area contributed by atoms with Gasteiger partial charge in [-0.25, -0.2) is 12.7 Å². The van der Waals surface area contributed by atoms with Crippen LogP contribution in [0.25, 0.3) is 0 Å². The second-order valence-electron chi connectivity index (χ2n) is 4.23. The number of anilines is 1. The third-order valence-electron chi connectivity index (χ3n) is 2.75. The third kappa shape index (κ3) is 3.72. The highest BCUT2D eigenvalue weighted by Crippen LogP contribution is 2.15. The first-order chi connectivity index (χ1) is 8.36. The Balaban J connectivity index is 2.85. The van der Waals surface area contributed by atoms with Gasteiger partial charge in [0.1, 0.15) is 0 Å². The summed E-state index contributed by atoms with van der Waals surface area (Å²) in [6.07, 6.45) is 0.173. The Hall–Kier alpha value is -1.58. The molecule has 2 N–H and O–H groups in total. The van der Waals surface area contributed by atoms with Gasteiger partial charge < -0.3 is 5.73 Å². The van der Waals surface area contributed by atoms with Gasteiger partial charge in [0.25, 0.3) is 0 Å². The smallest absolute Gasteiger partial charge is 0.218 e. The van der Waals surface area contributed by atoms with E-state index in [0.29, 0.717) is 11.3 Å². The topological polar surface area (TPSA) is 87.2 Å². The lowest BCUT2D eigenvalue weighted by Crippen LogP contribution is -2.35. The van der Waals surface area contributed by atoms with Crippen LogP contribution in [0.4, 0.5) is 5.69 Å². The molecule has 0 aliphatic carbocycles. The lowest BCUT2D eigenvalue weighted by atomic mass is 10.2. The maximum atomic E-state index is 12.1. The van der Waals surface area contributed by atoms with Crippen molar-refractivity contribution in [3.63, 3.8) is 0 Å². The number of nitrogen functional groups attached to an aromatic ring is 1. The molecule has 0 saturated carbocycles. The van der Waals surface area contributed by atoms with Gasteiger partial charge in [-0.1, -0.05) is 12.1 Å². The fraction of sp³-hybridized carbons (Fsp3) is 0.417. The summed E-state index contributed by atoms with van der Waals surface area (Å²) in [5.74, 6) is -0.107. The van der Waals surface area contributed by atoms with Crippen LogP contribution in [-0.4, -0.2) is 25.8 Å². The highest BCUT2D eigenvalue weighted by atomic mass is 32.2.